The minimum Gasteiger partial charge on any atom is -0.461 e. The lowest BCUT2D eigenvalue weighted by atomic mass is 10.3. The summed E-state index contributed by atoms with van der Waals surface area (Å²) in [4.78, 5) is 11.6. The summed E-state index contributed by atoms with van der Waals surface area (Å²) in [6, 6.07) is 8.67. The predicted molar refractivity (Wildman–Crippen MR) is 52.2 cm³/mol. The molecule has 0 N–H and O–H groups in total. The maximum atomic E-state index is 11.6. The molecule has 0 aromatic carbocycles. The zero-order chi connectivity index (χ0) is 10.7. The highest BCUT2D eigenvalue weighted by molar-refractivity contribution is 5.93. The first-order valence-corrected chi connectivity index (χ1v) is 4.43. The van der Waals surface area contributed by atoms with Crippen molar-refractivity contribution in [2.75, 3.05) is 0 Å². The smallest absolute Gasteiger partial charge is 0.217 e. The second kappa shape index (κ2) is 3.84. The number of rotatable bonds is 3. The third kappa shape index (κ3) is 1.81. The number of nitrogens with zero attached hydrogens (tertiary/aromatic N) is 2. The number of nitriles is 1. The number of furan rings is 1. The van der Waals surface area contributed by atoms with Crippen LogP contribution in [-0.2, 0) is 6.54 Å². The molecule has 0 saturated heterocycles. The van der Waals surface area contributed by atoms with E-state index in [0.29, 0.717) is 11.5 Å². The Morgan fingerprint density at radius 1 is 1.47 bits per heavy atom. The van der Waals surface area contributed by atoms with Crippen LogP contribution in [0.1, 0.15) is 16.2 Å². The third-order valence-corrected chi connectivity index (χ3v) is 2.05. The van der Waals surface area contributed by atoms with Crippen molar-refractivity contribution in [3.05, 3.63) is 48.2 Å². The van der Waals surface area contributed by atoms with Gasteiger partial charge in [-0.05, 0) is 24.3 Å². The van der Waals surface area contributed by atoms with Crippen molar-refractivity contribution in [2.45, 2.75) is 6.54 Å². The summed E-state index contributed by atoms with van der Waals surface area (Å²) in [5.41, 5.74) is 0.468. The Labute approximate surface area is 86.4 Å². The molecule has 0 saturated carbocycles. The lowest BCUT2D eigenvalue weighted by Crippen LogP contribution is -2.10. The molecule has 4 nitrogen and oxygen atoms in total. The Balaban J connectivity index is 2.17. The van der Waals surface area contributed by atoms with Gasteiger partial charge in [0.15, 0.2) is 5.76 Å². The van der Waals surface area contributed by atoms with Gasteiger partial charge >= 0.3 is 0 Å². The predicted octanol–water partition coefficient (Wildman–Crippen LogP) is 1.84. The molecule has 0 bridgehead atoms. The number of ketones is 1. The van der Waals surface area contributed by atoms with Crippen molar-refractivity contribution < 1.29 is 9.21 Å². The summed E-state index contributed by atoms with van der Waals surface area (Å²) in [7, 11) is 0. The van der Waals surface area contributed by atoms with Gasteiger partial charge < -0.3 is 8.98 Å². The number of carbonyl (C=O) groups excluding carboxylic acids is 1. The van der Waals surface area contributed by atoms with Crippen molar-refractivity contribution >= 4 is 5.78 Å². The quantitative estimate of drug-likeness (QED) is 0.710. The molecule has 0 aliphatic rings. The summed E-state index contributed by atoms with van der Waals surface area (Å²) in [5.74, 6) is 0.167. The van der Waals surface area contributed by atoms with Gasteiger partial charge in [-0.15, -0.1) is 0 Å². The standard InChI is InChI=1S/C11H8N2O2/c12-7-9-3-1-5-13(9)8-10(14)11-4-2-6-15-11/h1-6H,8H2. The maximum Gasteiger partial charge on any atom is 0.217 e. The fourth-order valence-corrected chi connectivity index (χ4v) is 1.32. The molecule has 0 atom stereocenters. The van der Waals surface area contributed by atoms with Crippen molar-refractivity contribution in [3.63, 3.8) is 0 Å². The van der Waals surface area contributed by atoms with E-state index >= 15 is 0 Å². The van der Waals surface area contributed by atoms with Crippen LogP contribution >= 0.6 is 0 Å². The Morgan fingerprint density at radius 2 is 2.33 bits per heavy atom. The van der Waals surface area contributed by atoms with Gasteiger partial charge in [0.1, 0.15) is 11.8 Å². The first-order chi connectivity index (χ1) is 7.31. The van der Waals surface area contributed by atoms with E-state index in [1.807, 2.05) is 6.07 Å². The molecule has 0 spiro atoms. The largest absolute Gasteiger partial charge is 0.461 e. The van der Waals surface area contributed by atoms with E-state index in [1.165, 1.54) is 6.26 Å². The highest BCUT2D eigenvalue weighted by Gasteiger charge is 2.10. The van der Waals surface area contributed by atoms with Crippen LogP contribution in [0.3, 0.4) is 0 Å². The number of aromatic nitrogens is 1. The second-order valence-corrected chi connectivity index (χ2v) is 3.03. The molecule has 0 unspecified atom stereocenters. The zero-order valence-corrected chi connectivity index (χ0v) is 7.88. The Hall–Kier alpha value is -2.28. The van der Waals surface area contributed by atoms with E-state index in [9.17, 15) is 4.79 Å². The van der Waals surface area contributed by atoms with Gasteiger partial charge in [0, 0.05) is 6.20 Å². The number of hydrogen-bond acceptors (Lipinski definition) is 3. The van der Waals surface area contributed by atoms with Crippen LogP contribution in [0.2, 0.25) is 0 Å². The molecule has 0 fully saturated rings. The molecule has 74 valence electrons. The molecular formula is C11H8N2O2. The minimum atomic E-state index is -0.146. The average molecular weight is 200 g/mol. The molecule has 0 radical (unpaired) electrons. The fourth-order valence-electron chi connectivity index (χ4n) is 1.32. The monoisotopic (exact) mass is 200 g/mol. The first-order valence-electron chi connectivity index (χ1n) is 4.43. The maximum absolute atomic E-state index is 11.6. The van der Waals surface area contributed by atoms with Gasteiger partial charge in [0.25, 0.3) is 0 Å². The normalized spacial score (nSPS) is 9.80. The van der Waals surface area contributed by atoms with Gasteiger partial charge in [0.2, 0.25) is 5.78 Å². The van der Waals surface area contributed by atoms with Crippen molar-refractivity contribution in [1.82, 2.24) is 4.57 Å². The van der Waals surface area contributed by atoms with E-state index in [1.54, 1.807) is 35.0 Å². The van der Waals surface area contributed by atoms with Crippen LogP contribution in [0.25, 0.3) is 0 Å². The van der Waals surface area contributed by atoms with Gasteiger partial charge in [-0.25, -0.2) is 0 Å². The van der Waals surface area contributed by atoms with Gasteiger partial charge in [-0.3, -0.25) is 4.79 Å². The summed E-state index contributed by atoms with van der Waals surface area (Å²) in [5, 5.41) is 8.75. The molecule has 0 aliphatic carbocycles. The SMILES string of the molecule is N#Cc1cccn1CC(=O)c1ccco1. The number of Topliss-reactive ketones (excluding diaryl/α,β-unsaturated/α-hetero) is 1. The second-order valence-electron chi connectivity index (χ2n) is 3.03. The summed E-state index contributed by atoms with van der Waals surface area (Å²) in [6.45, 7) is 0.128. The van der Waals surface area contributed by atoms with E-state index < -0.39 is 0 Å². The first kappa shape index (κ1) is 9.28. The van der Waals surface area contributed by atoms with Crippen LogP contribution in [0.15, 0.2) is 41.1 Å². The van der Waals surface area contributed by atoms with Crippen LogP contribution in [-0.4, -0.2) is 10.4 Å². The summed E-state index contributed by atoms with van der Waals surface area (Å²) >= 11 is 0. The molecule has 2 rings (SSSR count). The lowest BCUT2D eigenvalue weighted by Gasteiger charge is -2.01. The van der Waals surface area contributed by atoms with Gasteiger partial charge in [0.05, 0.1) is 12.8 Å². The lowest BCUT2D eigenvalue weighted by molar-refractivity contribution is 0.0945. The minimum absolute atomic E-state index is 0.128. The summed E-state index contributed by atoms with van der Waals surface area (Å²) < 4.78 is 6.56. The average Bonchev–Trinajstić information content (AvgIpc) is 2.87. The van der Waals surface area contributed by atoms with E-state index in [4.69, 9.17) is 9.68 Å². The zero-order valence-electron chi connectivity index (χ0n) is 7.88. The molecule has 4 heteroatoms. The molecule has 2 heterocycles. The summed E-state index contributed by atoms with van der Waals surface area (Å²) in [6.07, 6.45) is 3.15. The van der Waals surface area contributed by atoms with E-state index in [2.05, 4.69) is 0 Å². The molecule has 0 aliphatic heterocycles. The highest BCUT2D eigenvalue weighted by atomic mass is 16.3. The molecular weight excluding hydrogens is 192 g/mol. The Kier molecular flexibility index (Phi) is 2.38. The number of hydrogen-bond donors (Lipinski definition) is 0. The Bertz CT molecular complexity index is 503. The van der Waals surface area contributed by atoms with Gasteiger partial charge in [-0.2, -0.15) is 5.26 Å². The van der Waals surface area contributed by atoms with Crippen molar-refractivity contribution in [3.8, 4) is 6.07 Å². The highest BCUT2D eigenvalue weighted by Crippen LogP contribution is 2.06. The molecule has 15 heavy (non-hydrogen) atoms. The third-order valence-electron chi connectivity index (χ3n) is 2.05. The number of carbonyl (C=O) groups is 1. The molecule has 2 aromatic rings. The van der Waals surface area contributed by atoms with Crippen LogP contribution in [0.5, 0.6) is 0 Å². The van der Waals surface area contributed by atoms with Crippen molar-refractivity contribution in [2.24, 2.45) is 0 Å². The molecule has 2 aromatic heterocycles. The van der Waals surface area contributed by atoms with E-state index in [0.717, 1.165) is 0 Å². The fraction of sp³-hybridized carbons (Fsp3) is 0.0909. The van der Waals surface area contributed by atoms with Crippen molar-refractivity contribution in [1.29, 1.82) is 5.26 Å². The van der Waals surface area contributed by atoms with E-state index in [-0.39, 0.29) is 12.3 Å². The molecule has 0 amide bonds. The van der Waals surface area contributed by atoms with Crippen LogP contribution in [0.4, 0.5) is 0 Å². The van der Waals surface area contributed by atoms with Gasteiger partial charge in [-0.1, -0.05) is 0 Å². The van der Waals surface area contributed by atoms with Crippen LogP contribution in [0, 0.1) is 11.3 Å². The Morgan fingerprint density at radius 3 is 3.00 bits per heavy atom. The topological polar surface area (TPSA) is 58.9 Å². The van der Waals surface area contributed by atoms with Crippen LogP contribution < -0.4 is 0 Å².